The molecule has 2 aromatic rings. The third-order valence-corrected chi connectivity index (χ3v) is 4.30. The molecule has 0 radical (unpaired) electrons. The van der Waals surface area contributed by atoms with E-state index in [9.17, 15) is 4.79 Å². The Morgan fingerprint density at radius 2 is 2.19 bits per heavy atom. The number of aryl methyl sites for hydroxylation is 1. The highest BCUT2D eigenvalue weighted by molar-refractivity contribution is 5.49. The molecule has 1 aliphatic heterocycles. The monoisotopic (exact) mass is 290 g/mol. The van der Waals surface area contributed by atoms with Gasteiger partial charge in [0, 0.05) is 12.6 Å². The summed E-state index contributed by atoms with van der Waals surface area (Å²) in [6, 6.07) is 1.81. The van der Waals surface area contributed by atoms with E-state index in [1.807, 2.05) is 13.0 Å². The molecule has 0 aliphatic carbocycles. The van der Waals surface area contributed by atoms with E-state index in [-0.39, 0.29) is 5.69 Å². The molecule has 0 spiro atoms. The SMILES string of the molecule is CCN1CCC(CNc2cc3n[nH]c(=O)n3c(C)n2)CC1. The summed E-state index contributed by atoms with van der Waals surface area (Å²) in [7, 11) is 0. The first-order valence-corrected chi connectivity index (χ1v) is 7.58. The highest BCUT2D eigenvalue weighted by Gasteiger charge is 2.18. The second-order valence-corrected chi connectivity index (χ2v) is 5.67. The van der Waals surface area contributed by atoms with Crippen molar-refractivity contribution in [2.24, 2.45) is 5.92 Å². The molecule has 0 atom stereocenters. The lowest BCUT2D eigenvalue weighted by molar-refractivity contribution is 0.198. The fourth-order valence-electron chi connectivity index (χ4n) is 2.94. The molecule has 114 valence electrons. The van der Waals surface area contributed by atoms with Crippen LogP contribution >= 0.6 is 0 Å². The number of aromatic nitrogens is 4. The minimum absolute atomic E-state index is 0.242. The van der Waals surface area contributed by atoms with Crippen LogP contribution in [0.1, 0.15) is 25.6 Å². The summed E-state index contributed by atoms with van der Waals surface area (Å²) in [5, 5.41) is 9.83. The molecule has 2 aromatic heterocycles. The Morgan fingerprint density at radius 3 is 2.90 bits per heavy atom. The van der Waals surface area contributed by atoms with Crippen LogP contribution in [0.4, 0.5) is 5.82 Å². The Bertz CT molecular complexity index is 668. The Balaban J connectivity index is 1.65. The van der Waals surface area contributed by atoms with E-state index in [2.05, 4.69) is 32.3 Å². The number of rotatable bonds is 4. The molecule has 0 aromatic carbocycles. The van der Waals surface area contributed by atoms with E-state index < -0.39 is 0 Å². The predicted octanol–water partition coefficient (Wildman–Crippen LogP) is 0.870. The molecule has 3 rings (SSSR count). The molecule has 2 N–H and O–H groups in total. The Morgan fingerprint density at radius 1 is 1.43 bits per heavy atom. The number of likely N-dealkylation sites (tertiary alicyclic amines) is 1. The molecule has 0 bridgehead atoms. The first kappa shape index (κ1) is 14.1. The number of nitrogens with zero attached hydrogens (tertiary/aromatic N) is 4. The van der Waals surface area contributed by atoms with Crippen LogP contribution in [0.15, 0.2) is 10.9 Å². The zero-order valence-corrected chi connectivity index (χ0v) is 12.6. The number of anilines is 1. The fraction of sp³-hybridized carbons (Fsp3) is 0.643. The molecule has 1 aliphatic rings. The number of aromatic amines is 1. The van der Waals surface area contributed by atoms with Crippen LogP contribution in [0, 0.1) is 12.8 Å². The average molecular weight is 290 g/mol. The Hall–Kier alpha value is -1.89. The van der Waals surface area contributed by atoms with Crippen molar-refractivity contribution in [2.45, 2.75) is 26.7 Å². The lowest BCUT2D eigenvalue weighted by atomic mass is 9.97. The Kier molecular flexibility index (Phi) is 3.92. The number of fused-ring (bicyclic) bond motifs is 1. The molecule has 7 heteroatoms. The van der Waals surface area contributed by atoms with Crippen molar-refractivity contribution in [2.75, 3.05) is 31.5 Å². The second-order valence-electron chi connectivity index (χ2n) is 5.67. The zero-order chi connectivity index (χ0) is 14.8. The van der Waals surface area contributed by atoms with Crippen molar-refractivity contribution in [1.29, 1.82) is 0 Å². The average Bonchev–Trinajstić information content (AvgIpc) is 2.87. The van der Waals surface area contributed by atoms with Crippen molar-refractivity contribution in [3.63, 3.8) is 0 Å². The number of hydrogen-bond acceptors (Lipinski definition) is 5. The van der Waals surface area contributed by atoms with Crippen molar-refractivity contribution >= 4 is 11.5 Å². The first-order valence-electron chi connectivity index (χ1n) is 7.58. The lowest BCUT2D eigenvalue weighted by Crippen LogP contribution is -2.35. The minimum atomic E-state index is -0.242. The van der Waals surface area contributed by atoms with Crippen LogP contribution in [0.3, 0.4) is 0 Å². The van der Waals surface area contributed by atoms with Crippen LogP contribution in [0.25, 0.3) is 5.65 Å². The largest absolute Gasteiger partial charge is 0.370 e. The van der Waals surface area contributed by atoms with Gasteiger partial charge in [0.1, 0.15) is 11.6 Å². The van der Waals surface area contributed by atoms with Gasteiger partial charge in [0.25, 0.3) is 0 Å². The topological polar surface area (TPSA) is 78.3 Å². The quantitative estimate of drug-likeness (QED) is 0.873. The molecule has 0 amide bonds. The van der Waals surface area contributed by atoms with Crippen LogP contribution in [0.2, 0.25) is 0 Å². The van der Waals surface area contributed by atoms with Crippen molar-refractivity contribution < 1.29 is 0 Å². The molecule has 1 saturated heterocycles. The molecular weight excluding hydrogens is 268 g/mol. The van der Waals surface area contributed by atoms with Gasteiger partial charge in [0.15, 0.2) is 5.65 Å². The molecule has 0 saturated carbocycles. The van der Waals surface area contributed by atoms with Gasteiger partial charge in [-0.25, -0.2) is 19.3 Å². The van der Waals surface area contributed by atoms with Crippen molar-refractivity contribution in [3.8, 4) is 0 Å². The molecular formula is C14H22N6O. The smallest absolute Gasteiger partial charge is 0.349 e. The van der Waals surface area contributed by atoms with Crippen LogP contribution < -0.4 is 11.0 Å². The van der Waals surface area contributed by atoms with Gasteiger partial charge in [-0.1, -0.05) is 6.92 Å². The summed E-state index contributed by atoms with van der Waals surface area (Å²) in [6.45, 7) is 8.47. The maximum Gasteiger partial charge on any atom is 0.349 e. The lowest BCUT2D eigenvalue weighted by Gasteiger charge is -2.31. The number of piperidine rings is 1. The van der Waals surface area contributed by atoms with Crippen LogP contribution in [-0.2, 0) is 0 Å². The van der Waals surface area contributed by atoms with Gasteiger partial charge < -0.3 is 10.2 Å². The van der Waals surface area contributed by atoms with Crippen LogP contribution in [-0.4, -0.2) is 50.7 Å². The summed E-state index contributed by atoms with van der Waals surface area (Å²) >= 11 is 0. The van der Waals surface area contributed by atoms with Gasteiger partial charge in [-0.05, 0) is 45.3 Å². The van der Waals surface area contributed by atoms with E-state index in [1.165, 1.54) is 30.3 Å². The maximum atomic E-state index is 11.6. The summed E-state index contributed by atoms with van der Waals surface area (Å²) in [6.07, 6.45) is 2.45. The Labute approximate surface area is 123 Å². The van der Waals surface area contributed by atoms with Gasteiger partial charge in [-0.2, -0.15) is 5.10 Å². The normalized spacial score (nSPS) is 17.4. The van der Waals surface area contributed by atoms with Crippen molar-refractivity contribution in [3.05, 3.63) is 22.4 Å². The van der Waals surface area contributed by atoms with Gasteiger partial charge in [0.05, 0.1) is 0 Å². The standard InChI is InChI=1S/C14H22N6O/c1-3-19-6-4-11(5-7-19)9-15-12-8-13-17-18-14(21)20(13)10(2)16-12/h8,11,15H,3-7,9H2,1-2H3,(H,18,21). The first-order chi connectivity index (χ1) is 10.2. The van der Waals surface area contributed by atoms with Gasteiger partial charge in [-0.3, -0.25) is 0 Å². The molecule has 3 heterocycles. The predicted molar refractivity (Wildman–Crippen MR) is 81.7 cm³/mol. The van der Waals surface area contributed by atoms with E-state index in [0.29, 0.717) is 17.4 Å². The maximum absolute atomic E-state index is 11.6. The molecule has 7 nitrogen and oxygen atoms in total. The molecule has 21 heavy (non-hydrogen) atoms. The van der Waals surface area contributed by atoms with Gasteiger partial charge in [-0.15, -0.1) is 0 Å². The zero-order valence-electron chi connectivity index (χ0n) is 12.6. The summed E-state index contributed by atoms with van der Waals surface area (Å²) in [4.78, 5) is 18.5. The van der Waals surface area contributed by atoms with Gasteiger partial charge in [0.2, 0.25) is 0 Å². The van der Waals surface area contributed by atoms with Crippen LogP contribution in [0.5, 0.6) is 0 Å². The summed E-state index contributed by atoms with van der Waals surface area (Å²) < 4.78 is 1.48. The van der Waals surface area contributed by atoms with Gasteiger partial charge >= 0.3 is 5.69 Å². The highest BCUT2D eigenvalue weighted by Crippen LogP contribution is 2.18. The van der Waals surface area contributed by atoms with E-state index >= 15 is 0 Å². The highest BCUT2D eigenvalue weighted by atomic mass is 16.1. The number of hydrogen-bond donors (Lipinski definition) is 2. The van der Waals surface area contributed by atoms with Crippen molar-refractivity contribution in [1.82, 2.24) is 24.5 Å². The number of H-pyrrole nitrogens is 1. The summed E-state index contributed by atoms with van der Waals surface area (Å²) in [5.74, 6) is 2.12. The third-order valence-electron chi connectivity index (χ3n) is 4.30. The number of nitrogens with one attached hydrogen (secondary N) is 2. The molecule has 1 fully saturated rings. The third kappa shape index (κ3) is 2.92. The fourth-order valence-corrected chi connectivity index (χ4v) is 2.94. The summed E-state index contributed by atoms with van der Waals surface area (Å²) in [5.41, 5.74) is 0.365. The van der Waals surface area contributed by atoms with E-state index in [0.717, 1.165) is 18.9 Å². The molecule has 0 unspecified atom stereocenters. The second kappa shape index (κ2) is 5.85. The van der Waals surface area contributed by atoms with E-state index in [4.69, 9.17) is 0 Å². The van der Waals surface area contributed by atoms with E-state index in [1.54, 1.807) is 0 Å². The minimum Gasteiger partial charge on any atom is -0.370 e.